The quantitative estimate of drug-likeness (QED) is 0.401. The third-order valence-corrected chi connectivity index (χ3v) is 6.59. The molecular formula is C23H22N4OS2. The minimum absolute atomic E-state index is 0.100. The highest BCUT2D eigenvalue weighted by Gasteiger charge is 2.20. The topological polar surface area (TPSA) is 59.8 Å². The van der Waals surface area contributed by atoms with Gasteiger partial charge in [0.1, 0.15) is 5.01 Å². The van der Waals surface area contributed by atoms with Crippen molar-refractivity contribution in [2.75, 3.05) is 6.54 Å². The molecule has 0 fully saturated rings. The highest BCUT2D eigenvalue weighted by molar-refractivity contribution is 7.13. The summed E-state index contributed by atoms with van der Waals surface area (Å²) in [6.45, 7) is 8.76. The van der Waals surface area contributed by atoms with Gasteiger partial charge in [0, 0.05) is 40.0 Å². The minimum atomic E-state index is -0.100. The molecule has 0 aliphatic rings. The second-order valence-corrected chi connectivity index (χ2v) is 8.81. The zero-order valence-corrected chi connectivity index (χ0v) is 18.5. The van der Waals surface area contributed by atoms with E-state index in [0.717, 1.165) is 33.3 Å². The largest absolute Gasteiger partial charge is 0.349 e. The highest BCUT2D eigenvalue weighted by atomic mass is 32.1. The van der Waals surface area contributed by atoms with Gasteiger partial charge in [0.15, 0.2) is 0 Å². The lowest BCUT2D eigenvalue weighted by atomic mass is 10.2. The number of thiophene rings is 1. The van der Waals surface area contributed by atoms with Crippen molar-refractivity contribution in [3.8, 4) is 22.0 Å². The predicted octanol–water partition coefficient (Wildman–Crippen LogP) is 5.32. The van der Waals surface area contributed by atoms with Crippen LogP contribution in [-0.4, -0.2) is 27.0 Å². The van der Waals surface area contributed by atoms with Crippen LogP contribution in [0.25, 0.3) is 22.0 Å². The first-order valence-corrected chi connectivity index (χ1v) is 11.3. The van der Waals surface area contributed by atoms with E-state index in [4.69, 9.17) is 4.98 Å². The molecular weight excluding hydrogens is 412 g/mol. The minimum Gasteiger partial charge on any atom is -0.349 e. The van der Waals surface area contributed by atoms with Gasteiger partial charge in [-0.25, -0.2) is 4.98 Å². The van der Waals surface area contributed by atoms with Crippen molar-refractivity contribution >= 4 is 28.6 Å². The fraction of sp³-hybridized carbons (Fsp3) is 0.174. The Bertz CT molecular complexity index is 1170. The Kier molecular flexibility index (Phi) is 5.92. The Morgan fingerprint density at radius 3 is 2.83 bits per heavy atom. The Labute approximate surface area is 183 Å². The molecule has 0 saturated heterocycles. The predicted molar refractivity (Wildman–Crippen MR) is 124 cm³/mol. The van der Waals surface area contributed by atoms with Gasteiger partial charge in [-0.15, -0.1) is 29.3 Å². The molecule has 0 atom stereocenters. The monoisotopic (exact) mass is 434 g/mol. The van der Waals surface area contributed by atoms with Crippen molar-refractivity contribution < 1.29 is 4.79 Å². The van der Waals surface area contributed by atoms with Crippen LogP contribution in [0.2, 0.25) is 0 Å². The number of aryl methyl sites for hydroxylation is 1. The van der Waals surface area contributed by atoms with Gasteiger partial charge in [-0.3, -0.25) is 9.78 Å². The van der Waals surface area contributed by atoms with Gasteiger partial charge in [0.2, 0.25) is 0 Å². The normalized spacial score (nSPS) is 10.9. The van der Waals surface area contributed by atoms with E-state index in [0.29, 0.717) is 18.7 Å². The van der Waals surface area contributed by atoms with Crippen LogP contribution in [0.5, 0.6) is 0 Å². The lowest BCUT2D eigenvalue weighted by molar-refractivity contribution is 0.0957. The Balaban J connectivity index is 1.75. The summed E-state index contributed by atoms with van der Waals surface area (Å²) in [6.07, 6.45) is 3.53. The zero-order chi connectivity index (χ0) is 21.1. The van der Waals surface area contributed by atoms with Crippen LogP contribution in [0.4, 0.5) is 0 Å². The van der Waals surface area contributed by atoms with Crippen LogP contribution in [0, 0.1) is 13.8 Å². The van der Waals surface area contributed by atoms with Crippen molar-refractivity contribution in [1.82, 2.24) is 19.9 Å². The number of carbonyl (C=O) groups excluding carboxylic acids is 1. The molecule has 5 nitrogen and oxygen atoms in total. The summed E-state index contributed by atoms with van der Waals surface area (Å²) < 4.78 is 2.17. The number of aromatic nitrogens is 3. The van der Waals surface area contributed by atoms with E-state index in [9.17, 15) is 4.79 Å². The number of nitrogens with one attached hydrogen (secondary N) is 1. The molecule has 0 saturated carbocycles. The summed E-state index contributed by atoms with van der Waals surface area (Å²) in [7, 11) is 0. The summed E-state index contributed by atoms with van der Waals surface area (Å²) in [5.74, 6) is -0.100. The van der Waals surface area contributed by atoms with Crippen molar-refractivity contribution in [1.29, 1.82) is 0 Å². The van der Waals surface area contributed by atoms with E-state index < -0.39 is 0 Å². The number of hydrogen-bond donors (Lipinski definition) is 1. The highest BCUT2D eigenvalue weighted by Crippen LogP contribution is 2.32. The summed E-state index contributed by atoms with van der Waals surface area (Å²) in [6, 6.07) is 10.1. The molecule has 0 aromatic carbocycles. The van der Waals surface area contributed by atoms with Crippen LogP contribution in [0.15, 0.2) is 59.9 Å². The lowest BCUT2D eigenvalue weighted by Crippen LogP contribution is -2.23. The van der Waals surface area contributed by atoms with Crippen molar-refractivity contribution in [3.63, 3.8) is 0 Å². The number of nitrogens with zero attached hydrogens (tertiary/aromatic N) is 3. The number of carbonyl (C=O) groups is 1. The van der Waals surface area contributed by atoms with Crippen LogP contribution in [0.3, 0.4) is 0 Å². The smallest absolute Gasteiger partial charge is 0.253 e. The number of hydrogen-bond acceptors (Lipinski definition) is 5. The molecule has 4 aromatic heterocycles. The first-order chi connectivity index (χ1) is 14.6. The number of pyridine rings is 1. The molecule has 0 spiro atoms. The second kappa shape index (κ2) is 8.77. The van der Waals surface area contributed by atoms with Gasteiger partial charge >= 0.3 is 0 Å². The van der Waals surface area contributed by atoms with E-state index in [1.807, 2.05) is 49.7 Å². The maximum atomic E-state index is 12.7. The van der Waals surface area contributed by atoms with Gasteiger partial charge in [0.05, 0.1) is 23.5 Å². The molecule has 0 unspecified atom stereocenters. The van der Waals surface area contributed by atoms with Crippen LogP contribution < -0.4 is 5.32 Å². The molecule has 0 aliphatic carbocycles. The number of thiazole rings is 1. The molecule has 152 valence electrons. The summed E-state index contributed by atoms with van der Waals surface area (Å²) in [4.78, 5) is 23.2. The molecule has 0 aliphatic heterocycles. The van der Waals surface area contributed by atoms with Gasteiger partial charge in [-0.2, -0.15) is 0 Å². The Morgan fingerprint density at radius 1 is 1.27 bits per heavy atom. The Morgan fingerprint density at radius 2 is 2.13 bits per heavy atom. The van der Waals surface area contributed by atoms with E-state index in [1.165, 1.54) is 4.88 Å². The van der Waals surface area contributed by atoms with Crippen molar-refractivity contribution in [2.45, 2.75) is 20.4 Å². The molecule has 4 aromatic rings. The lowest BCUT2D eigenvalue weighted by Gasteiger charge is -2.10. The third kappa shape index (κ3) is 4.13. The van der Waals surface area contributed by atoms with Gasteiger partial charge in [-0.1, -0.05) is 12.1 Å². The average Bonchev–Trinajstić information content (AvgIpc) is 3.49. The van der Waals surface area contributed by atoms with Gasteiger partial charge in [0.25, 0.3) is 5.91 Å². The number of rotatable bonds is 7. The SMILES string of the molecule is C=CCNC(=O)c1cc(-c2csc(-c3ccc(C)nc3)n2)n(Cc2cccs2)c1C. The molecule has 4 heterocycles. The molecule has 30 heavy (non-hydrogen) atoms. The van der Waals surface area contributed by atoms with Crippen LogP contribution in [0.1, 0.15) is 26.6 Å². The van der Waals surface area contributed by atoms with Gasteiger partial charge in [-0.05, 0) is 43.5 Å². The van der Waals surface area contributed by atoms with Crippen LogP contribution in [-0.2, 0) is 6.54 Å². The fourth-order valence-electron chi connectivity index (χ4n) is 3.23. The Hall–Kier alpha value is -3.03. The van der Waals surface area contributed by atoms with E-state index in [2.05, 4.69) is 32.9 Å². The summed E-state index contributed by atoms with van der Waals surface area (Å²) in [5.41, 5.74) is 5.35. The molecule has 1 N–H and O–H groups in total. The number of amides is 1. The summed E-state index contributed by atoms with van der Waals surface area (Å²) >= 11 is 3.29. The molecule has 7 heteroatoms. The third-order valence-electron chi connectivity index (χ3n) is 4.84. The first kappa shape index (κ1) is 20.3. The van der Waals surface area contributed by atoms with E-state index in [-0.39, 0.29) is 5.91 Å². The second-order valence-electron chi connectivity index (χ2n) is 6.92. The summed E-state index contributed by atoms with van der Waals surface area (Å²) in [5, 5.41) is 7.90. The van der Waals surface area contributed by atoms with Gasteiger partial charge < -0.3 is 9.88 Å². The maximum Gasteiger partial charge on any atom is 0.253 e. The van der Waals surface area contributed by atoms with Crippen LogP contribution >= 0.6 is 22.7 Å². The first-order valence-electron chi connectivity index (χ1n) is 9.57. The standard InChI is InChI=1S/C23H22N4OS2/c1-4-9-24-22(28)19-11-21(27(16(19)3)13-18-6-5-10-29-18)20-14-30-23(26-20)17-8-7-15(2)25-12-17/h4-8,10-12,14H,1,9,13H2,2-3H3,(H,24,28). The van der Waals surface area contributed by atoms with Crippen molar-refractivity contribution in [3.05, 3.63) is 81.8 Å². The van der Waals surface area contributed by atoms with Crippen molar-refractivity contribution in [2.24, 2.45) is 0 Å². The zero-order valence-electron chi connectivity index (χ0n) is 16.9. The fourth-order valence-corrected chi connectivity index (χ4v) is 4.73. The van der Waals surface area contributed by atoms with E-state index in [1.54, 1.807) is 28.7 Å². The maximum absolute atomic E-state index is 12.7. The molecule has 0 bridgehead atoms. The molecule has 0 radical (unpaired) electrons. The average molecular weight is 435 g/mol. The molecule has 1 amide bonds. The molecule has 4 rings (SSSR count). The van der Waals surface area contributed by atoms with E-state index >= 15 is 0 Å².